The Morgan fingerprint density at radius 2 is 1.89 bits per heavy atom. The zero-order valence-corrected chi connectivity index (χ0v) is 11.7. The van der Waals surface area contributed by atoms with Gasteiger partial charge in [0, 0.05) is 6.42 Å². The molecule has 2 rings (SSSR count). The van der Waals surface area contributed by atoms with Crippen molar-refractivity contribution in [2.45, 2.75) is 57.9 Å². The SMILES string of the molecule is CC1(C)C(=O)NC(=O)CN1C(=O)CC1CCCCC1. The molecule has 0 radical (unpaired) electrons. The van der Waals surface area contributed by atoms with Crippen molar-refractivity contribution in [2.24, 2.45) is 5.92 Å². The van der Waals surface area contributed by atoms with Crippen molar-refractivity contribution in [1.29, 1.82) is 0 Å². The maximum absolute atomic E-state index is 12.4. The molecule has 0 atom stereocenters. The summed E-state index contributed by atoms with van der Waals surface area (Å²) in [6.07, 6.45) is 6.24. The maximum Gasteiger partial charge on any atom is 0.252 e. The summed E-state index contributed by atoms with van der Waals surface area (Å²) in [6, 6.07) is 0. The third-order valence-electron chi connectivity index (χ3n) is 4.27. The molecule has 1 aliphatic heterocycles. The van der Waals surface area contributed by atoms with Crippen molar-refractivity contribution >= 4 is 17.7 Å². The maximum atomic E-state index is 12.4. The highest BCUT2D eigenvalue weighted by Crippen LogP contribution is 2.28. The van der Waals surface area contributed by atoms with Crippen molar-refractivity contribution < 1.29 is 14.4 Å². The van der Waals surface area contributed by atoms with Crippen molar-refractivity contribution in [3.63, 3.8) is 0 Å². The third kappa shape index (κ3) is 2.96. The molecule has 1 heterocycles. The predicted octanol–water partition coefficient (Wildman–Crippen LogP) is 1.22. The van der Waals surface area contributed by atoms with Crippen molar-refractivity contribution in [3.8, 4) is 0 Å². The van der Waals surface area contributed by atoms with Crippen LogP contribution in [0.5, 0.6) is 0 Å². The van der Waals surface area contributed by atoms with Crippen LogP contribution in [0.1, 0.15) is 52.4 Å². The minimum atomic E-state index is -0.931. The molecule has 2 fully saturated rings. The lowest BCUT2D eigenvalue weighted by Gasteiger charge is -2.40. The van der Waals surface area contributed by atoms with Gasteiger partial charge in [-0.1, -0.05) is 19.3 Å². The van der Waals surface area contributed by atoms with Crippen LogP contribution in [0.3, 0.4) is 0 Å². The van der Waals surface area contributed by atoms with Crippen LogP contribution in [-0.2, 0) is 14.4 Å². The summed E-state index contributed by atoms with van der Waals surface area (Å²) in [5, 5.41) is 2.29. The van der Waals surface area contributed by atoms with Crippen LogP contribution >= 0.6 is 0 Å². The molecule has 19 heavy (non-hydrogen) atoms. The van der Waals surface area contributed by atoms with Crippen LogP contribution in [0, 0.1) is 5.92 Å². The summed E-state index contributed by atoms with van der Waals surface area (Å²) in [5.74, 6) is -0.431. The number of piperazine rings is 1. The Morgan fingerprint density at radius 1 is 1.26 bits per heavy atom. The number of nitrogens with zero attached hydrogens (tertiary/aromatic N) is 1. The lowest BCUT2D eigenvalue weighted by atomic mass is 9.86. The summed E-state index contributed by atoms with van der Waals surface area (Å²) >= 11 is 0. The van der Waals surface area contributed by atoms with Gasteiger partial charge in [-0.05, 0) is 32.6 Å². The first-order valence-electron chi connectivity index (χ1n) is 7.06. The topological polar surface area (TPSA) is 66.5 Å². The van der Waals surface area contributed by atoms with Gasteiger partial charge < -0.3 is 4.90 Å². The number of amides is 3. The van der Waals surface area contributed by atoms with E-state index in [9.17, 15) is 14.4 Å². The quantitative estimate of drug-likeness (QED) is 0.764. The summed E-state index contributed by atoms with van der Waals surface area (Å²) < 4.78 is 0. The van der Waals surface area contributed by atoms with E-state index in [-0.39, 0.29) is 24.3 Å². The Bertz CT molecular complexity index is 397. The fourth-order valence-electron chi connectivity index (χ4n) is 2.93. The predicted molar refractivity (Wildman–Crippen MR) is 70.1 cm³/mol. The van der Waals surface area contributed by atoms with E-state index in [2.05, 4.69) is 5.32 Å². The molecule has 1 saturated heterocycles. The van der Waals surface area contributed by atoms with Gasteiger partial charge >= 0.3 is 0 Å². The van der Waals surface area contributed by atoms with E-state index in [4.69, 9.17) is 0 Å². The zero-order valence-electron chi connectivity index (χ0n) is 11.7. The minimum absolute atomic E-state index is 0.00963. The van der Waals surface area contributed by atoms with Gasteiger partial charge in [-0.3, -0.25) is 19.7 Å². The molecule has 2 aliphatic rings. The van der Waals surface area contributed by atoms with E-state index >= 15 is 0 Å². The Morgan fingerprint density at radius 3 is 2.53 bits per heavy atom. The van der Waals surface area contributed by atoms with E-state index in [1.54, 1.807) is 13.8 Å². The smallest absolute Gasteiger partial charge is 0.252 e. The molecular formula is C14H22N2O3. The molecule has 106 valence electrons. The third-order valence-corrected chi connectivity index (χ3v) is 4.27. The van der Waals surface area contributed by atoms with Gasteiger partial charge in [0.2, 0.25) is 11.8 Å². The molecule has 5 nitrogen and oxygen atoms in total. The van der Waals surface area contributed by atoms with Crippen LogP contribution < -0.4 is 5.32 Å². The molecule has 1 aliphatic carbocycles. The van der Waals surface area contributed by atoms with E-state index < -0.39 is 5.54 Å². The monoisotopic (exact) mass is 266 g/mol. The van der Waals surface area contributed by atoms with Gasteiger partial charge in [0.25, 0.3) is 5.91 Å². The first-order valence-corrected chi connectivity index (χ1v) is 7.06. The van der Waals surface area contributed by atoms with Gasteiger partial charge in [0.1, 0.15) is 12.1 Å². The molecule has 1 saturated carbocycles. The Hall–Kier alpha value is -1.39. The van der Waals surface area contributed by atoms with Gasteiger partial charge in [0.05, 0.1) is 0 Å². The van der Waals surface area contributed by atoms with E-state index in [0.29, 0.717) is 12.3 Å². The number of carbonyl (C=O) groups excluding carboxylic acids is 3. The molecule has 0 unspecified atom stereocenters. The molecule has 0 aromatic rings. The first-order chi connectivity index (χ1) is 8.91. The van der Waals surface area contributed by atoms with Crippen molar-refractivity contribution in [1.82, 2.24) is 10.2 Å². The van der Waals surface area contributed by atoms with Crippen LogP contribution in [0.2, 0.25) is 0 Å². The standard InChI is InChI=1S/C14H22N2O3/c1-14(2)13(19)15-11(17)9-16(14)12(18)8-10-6-4-3-5-7-10/h10H,3-9H2,1-2H3,(H,15,17,19). The molecule has 1 N–H and O–H groups in total. The van der Waals surface area contributed by atoms with Crippen LogP contribution in [-0.4, -0.2) is 34.7 Å². The average molecular weight is 266 g/mol. The zero-order chi connectivity index (χ0) is 14.0. The highest BCUT2D eigenvalue weighted by molar-refractivity contribution is 6.06. The first kappa shape index (κ1) is 14.0. The van der Waals surface area contributed by atoms with E-state index in [0.717, 1.165) is 12.8 Å². The summed E-state index contributed by atoms with van der Waals surface area (Å²) in [5.41, 5.74) is -0.931. The number of rotatable bonds is 2. The van der Waals surface area contributed by atoms with Crippen molar-refractivity contribution in [3.05, 3.63) is 0 Å². The molecule has 5 heteroatoms. The summed E-state index contributed by atoms with van der Waals surface area (Å²) in [4.78, 5) is 37.1. The Kier molecular flexibility index (Phi) is 3.92. The number of carbonyl (C=O) groups is 3. The Balaban J connectivity index is 2.03. The van der Waals surface area contributed by atoms with E-state index in [1.807, 2.05) is 0 Å². The lowest BCUT2D eigenvalue weighted by Crippen LogP contribution is -2.65. The van der Waals surface area contributed by atoms with Gasteiger partial charge in [-0.2, -0.15) is 0 Å². The van der Waals surface area contributed by atoms with Crippen LogP contribution in [0.4, 0.5) is 0 Å². The number of nitrogens with one attached hydrogen (secondary N) is 1. The van der Waals surface area contributed by atoms with E-state index in [1.165, 1.54) is 24.2 Å². The minimum Gasteiger partial charge on any atom is -0.319 e. The average Bonchev–Trinajstić information content (AvgIpc) is 2.35. The van der Waals surface area contributed by atoms with Gasteiger partial charge in [-0.15, -0.1) is 0 Å². The number of hydrogen-bond acceptors (Lipinski definition) is 3. The second kappa shape index (κ2) is 5.31. The second-order valence-electron chi connectivity index (χ2n) is 6.12. The van der Waals surface area contributed by atoms with Gasteiger partial charge in [0.15, 0.2) is 0 Å². The largest absolute Gasteiger partial charge is 0.319 e. The second-order valence-corrected chi connectivity index (χ2v) is 6.12. The molecule has 0 aromatic heterocycles. The summed E-state index contributed by atoms with van der Waals surface area (Å²) in [6.45, 7) is 3.37. The summed E-state index contributed by atoms with van der Waals surface area (Å²) in [7, 11) is 0. The van der Waals surface area contributed by atoms with Crippen LogP contribution in [0.25, 0.3) is 0 Å². The molecule has 3 amide bonds. The van der Waals surface area contributed by atoms with Gasteiger partial charge in [-0.25, -0.2) is 0 Å². The molecule has 0 aromatic carbocycles. The normalized spacial score (nSPS) is 24.2. The fourth-order valence-corrected chi connectivity index (χ4v) is 2.93. The highest BCUT2D eigenvalue weighted by Gasteiger charge is 2.43. The molecular weight excluding hydrogens is 244 g/mol. The van der Waals surface area contributed by atoms with Crippen molar-refractivity contribution in [2.75, 3.05) is 6.54 Å². The highest BCUT2D eigenvalue weighted by atomic mass is 16.2. The lowest BCUT2D eigenvalue weighted by molar-refractivity contribution is -0.156. The molecule has 0 bridgehead atoms. The number of hydrogen-bond donors (Lipinski definition) is 1. The number of imide groups is 1. The fraction of sp³-hybridized carbons (Fsp3) is 0.786. The molecule has 0 spiro atoms. The Labute approximate surface area is 113 Å². The van der Waals surface area contributed by atoms with Crippen LogP contribution in [0.15, 0.2) is 0 Å².